The molecule has 0 atom stereocenters. The Morgan fingerprint density at radius 2 is 1.73 bits per heavy atom. The quantitative estimate of drug-likeness (QED) is 0.767. The molecule has 132 valence electrons. The highest BCUT2D eigenvalue weighted by Crippen LogP contribution is 2.15. The number of nitrogens with zero attached hydrogens (tertiary/aromatic N) is 2. The summed E-state index contributed by atoms with van der Waals surface area (Å²) in [5.41, 5.74) is 2.61. The fourth-order valence-electron chi connectivity index (χ4n) is 2.50. The van der Waals surface area contributed by atoms with Crippen LogP contribution in [0, 0.1) is 5.82 Å². The van der Waals surface area contributed by atoms with Crippen molar-refractivity contribution in [2.24, 2.45) is 0 Å². The van der Waals surface area contributed by atoms with Crippen LogP contribution >= 0.6 is 0 Å². The SMILES string of the molecule is CCc1ccc(NC(=O)Cn2nc(-c3ccc(F)cc3)ccc2=O)cc1. The van der Waals surface area contributed by atoms with Gasteiger partial charge in [-0.3, -0.25) is 9.59 Å². The second kappa shape index (κ2) is 7.74. The van der Waals surface area contributed by atoms with Crippen molar-refractivity contribution in [1.82, 2.24) is 9.78 Å². The van der Waals surface area contributed by atoms with Crippen molar-refractivity contribution in [1.29, 1.82) is 0 Å². The second-order valence-corrected chi connectivity index (χ2v) is 5.82. The van der Waals surface area contributed by atoms with Crippen molar-refractivity contribution in [2.75, 3.05) is 5.32 Å². The molecule has 0 spiro atoms. The van der Waals surface area contributed by atoms with Crippen LogP contribution in [0.15, 0.2) is 65.5 Å². The summed E-state index contributed by atoms with van der Waals surface area (Å²) in [6.45, 7) is 1.85. The van der Waals surface area contributed by atoms with Crippen molar-refractivity contribution < 1.29 is 9.18 Å². The normalized spacial score (nSPS) is 10.5. The lowest BCUT2D eigenvalue weighted by molar-refractivity contribution is -0.117. The lowest BCUT2D eigenvalue weighted by atomic mass is 10.1. The number of halogens is 1. The fourth-order valence-corrected chi connectivity index (χ4v) is 2.50. The largest absolute Gasteiger partial charge is 0.324 e. The minimum atomic E-state index is -0.382. The van der Waals surface area contributed by atoms with E-state index in [1.807, 2.05) is 24.3 Å². The number of hydrogen-bond donors (Lipinski definition) is 1. The Morgan fingerprint density at radius 1 is 1.04 bits per heavy atom. The molecule has 1 N–H and O–H groups in total. The molecule has 1 aromatic heterocycles. The number of carbonyl (C=O) groups excluding carboxylic acids is 1. The summed E-state index contributed by atoms with van der Waals surface area (Å²) in [4.78, 5) is 24.2. The molecule has 0 radical (unpaired) electrons. The molecule has 1 amide bonds. The van der Waals surface area contributed by atoms with Crippen LogP contribution in [0.4, 0.5) is 10.1 Å². The highest BCUT2D eigenvalue weighted by Gasteiger charge is 2.09. The van der Waals surface area contributed by atoms with Gasteiger partial charge >= 0.3 is 0 Å². The van der Waals surface area contributed by atoms with Crippen LogP contribution in [0.1, 0.15) is 12.5 Å². The van der Waals surface area contributed by atoms with Crippen LogP contribution in [0.5, 0.6) is 0 Å². The molecule has 0 aliphatic rings. The number of hydrogen-bond acceptors (Lipinski definition) is 3. The monoisotopic (exact) mass is 351 g/mol. The number of aryl methyl sites for hydroxylation is 1. The Bertz CT molecular complexity index is 964. The van der Waals surface area contributed by atoms with E-state index >= 15 is 0 Å². The fraction of sp³-hybridized carbons (Fsp3) is 0.150. The average Bonchev–Trinajstić information content (AvgIpc) is 2.65. The molecule has 0 fully saturated rings. The van der Waals surface area contributed by atoms with E-state index in [0.29, 0.717) is 16.9 Å². The average molecular weight is 351 g/mol. The van der Waals surface area contributed by atoms with Crippen molar-refractivity contribution >= 4 is 11.6 Å². The Kier molecular flexibility index (Phi) is 5.22. The predicted molar refractivity (Wildman–Crippen MR) is 98.3 cm³/mol. The Labute approximate surface area is 150 Å². The zero-order valence-corrected chi connectivity index (χ0v) is 14.3. The lowest BCUT2D eigenvalue weighted by Gasteiger charge is -2.09. The molecule has 0 saturated carbocycles. The molecule has 0 unspecified atom stereocenters. The third kappa shape index (κ3) is 4.22. The molecule has 0 bridgehead atoms. The van der Waals surface area contributed by atoms with E-state index in [1.54, 1.807) is 18.2 Å². The second-order valence-electron chi connectivity index (χ2n) is 5.82. The molecule has 3 aromatic rings. The van der Waals surface area contributed by atoms with Crippen LogP contribution in [0.25, 0.3) is 11.3 Å². The van der Waals surface area contributed by atoms with Gasteiger partial charge in [-0.1, -0.05) is 19.1 Å². The third-order valence-corrected chi connectivity index (χ3v) is 3.95. The van der Waals surface area contributed by atoms with Gasteiger partial charge < -0.3 is 5.32 Å². The molecule has 0 saturated heterocycles. The number of amides is 1. The van der Waals surface area contributed by atoms with Gasteiger partial charge in [0, 0.05) is 17.3 Å². The van der Waals surface area contributed by atoms with Crippen molar-refractivity contribution in [3.05, 3.63) is 82.4 Å². The molecule has 26 heavy (non-hydrogen) atoms. The maximum absolute atomic E-state index is 13.0. The zero-order valence-electron chi connectivity index (χ0n) is 14.3. The number of benzene rings is 2. The van der Waals surface area contributed by atoms with Gasteiger partial charge in [-0.25, -0.2) is 9.07 Å². The molecule has 3 rings (SSSR count). The highest BCUT2D eigenvalue weighted by atomic mass is 19.1. The summed E-state index contributed by atoms with van der Waals surface area (Å²) in [6, 6.07) is 16.2. The molecular formula is C20H18FN3O2. The first-order chi connectivity index (χ1) is 12.5. The maximum atomic E-state index is 13.0. The Morgan fingerprint density at radius 3 is 2.38 bits per heavy atom. The van der Waals surface area contributed by atoms with E-state index in [9.17, 15) is 14.0 Å². The van der Waals surface area contributed by atoms with Gasteiger partial charge in [0.25, 0.3) is 5.56 Å². The predicted octanol–water partition coefficient (Wildman–Crippen LogP) is 3.25. The molecule has 1 heterocycles. The smallest absolute Gasteiger partial charge is 0.267 e. The summed E-state index contributed by atoms with van der Waals surface area (Å²) in [5.74, 6) is -0.698. The van der Waals surface area contributed by atoms with Crippen LogP contribution in [0.3, 0.4) is 0 Å². The van der Waals surface area contributed by atoms with Crippen LogP contribution in [-0.2, 0) is 17.8 Å². The van der Waals surface area contributed by atoms with Gasteiger partial charge in [-0.05, 0) is 54.4 Å². The summed E-state index contributed by atoms with van der Waals surface area (Å²) >= 11 is 0. The van der Waals surface area contributed by atoms with E-state index in [4.69, 9.17) is 0 Å². The standard InChI is InChI=1S/C20H18FN3O2/c1-2-14-3-9-17(10-4-14)22-19(25)13-24-20(26)12-11-18(23-24)15-5-7-16(21)8-6-15/h3-12H,2,13H2,1H3,(H,22,25). The molecule has 6 heteroatoms. The van der Waals surface area contributed by atoms with Gasteiger partial charge in [0.1, 0.15) is 12.4 Å². The summed E-state index contributed by atoms with van der Waals surface area (Å²) in [7, 11) is 0. The van der Waals surface area contributed by atoms with Crippen LogP contribution < -0.4 is 10.9 Å². The zero-order chi connectivity index (χ0) is 18.5. The van der Waals surface area contributed by atoms with Crippen LogP contribution in [0.2, 0.25) is 0 Å². The van der Waals surface area contributed by atoms with Crippen molar-refractivity contribution in [3.63, 3.8) is 0 Å². The maximum Gasteiger partial charge on any atom is 0.267 e. The van der Waals surface area contributed by atoms with E-state index < -0.39 is 0 Å². The van der Waals surface area contributed by atoms with Gasteiger partial charge in [0.2, 0.25) is 5.91 Å². The van der Waals surface area contributed by atoms with E-state index in [1.165, 1.54) is 23.8 Å². The minimum absolute atomic E-state index is 0.205. The molecule has 2 aromatic carbocycles. The molecule has 0 aliphatic carbocycles. The first kappa shape index (κ1) is 17.5. The molecule has 5 nitrogen and oxygen atoms in total. The first-order valence-electron chi connectivity index (χ1n) is 8.28. The Hall–Kier alpha value is -3.28. The van der Waals surface area contributed by atoms with Gasteiger partial charge in [0.15, 0.2) is 0 Å². The number of rotatable bonds is 5. The number of aromatic nitrogens is 2. The van der Waals surface area contributed by atoms with E-state index in [2.05, 4.69) is 17.3 Å². The summed E-state index contributed by atoms with van der Waals surface area (Å²) in [5, 5.41) is 6.95. The highest BCUT2D eigenvalue weighted by molar-refractivity contribution is 5.90. The molecule has 0 aliphatic heterocycles. The first-order valence-corrected chi connectivity index (χ1v) is 8.28. The topological polar surface area (TPSA) is 64.0 Å². The third-order valence-electron chi connectivity index (χ3n) is 3.95. The van der Waals surface area contributed by atoms with Gasteiger partial charge in [0.05, 0.1) is 5.69 Å². The summed E-state index contributed by atoms with van der Waals surface area (Å²) in [6.07, 6.45) is 0.920. The Balaban J connectivity index is 1.75. The lowest BCUT2D eigenvalue weighted by Crippen LogP contribution is -2.29. The summed E-state index contributed by atoms with van der Waals surface area (Å²) < 4.78 is 14.1. The van der Waals surface area contributed by atoms with Gasteiger partial charge in [-0.2, -0.15) is 5.10 Å². The van der Waals surface area contributed by atoms with Crippen LogP contribution in [-0.4, -0.2) is 15.7 Å². The number of anilines is 1. The van der Waals surface area contributed by atoms with Gasteiger partial charge in [-0.15, -0.1) is 0 Å². The number of nitrogens with one attached hydrogen (secondary N) is 1. The minimum Gasteiger partial charge on any atom is -0.324 e. The molecular weight excluding hydrogens is 333 g/mol. The van der Waals surface area contributed by atoms with E-state index in [0.717, 1.165) is 11.1 Å². The van der Waals surface area contributed by atoms with E-state index in [-0.39, 0.29) is 23.8 Å². The number of carbonyl (C=O) groups is 1. The van der Waals surface area contributed by atoms with Crippen molar-refractivity contribution in [3.8, 4) is 11.3 Å². The van der Waals surface area contributed by atoms with Crippen molar-refractivity contribution in [2.45, 2.75) is 19.9 Å².